The highest BCUT2D eigenvalue weighted by molar-refractivity contribution is 4.85. The minimum atomic E-state index is -0.0257. The van der Waals surface area contributed by atoms with E-state index in [1.54, 1.807) is 0 Å². The van der Waals surface area contributed by atoms with Crippen LogP contribution >= 0.6 is 0 Å². The van der Waals surface area contributed by atoms with Gasteiger partial charge in [0.05, 0.1) is 24.2 Å². The second-order valence-corrected chi connectivity index (χ2v) is 6.19. The van der Waals surface area contributed by atoms with E-state index >= 15 is 0 Å². The number of hydrogen-bond donors (Lipinski definition) is 3. The van der Waals surface area contributed by atoms with E-state index in [0.29, 0.717) is 0 Å². The number of hydrogen-bond acceptors (Lipinski definition) is 5. The van der Waals surface area contributed by atoms with Gasteiger partial charge in [0.25, 0.3) is 0 Å². The van der Waals surface area contributed by atoms with Crippen molar-refractivity contribution in [3.05, 3.63) is 0 Å². The molecule has 0 aromatic heterocycles. The number of nitrogens with zero attached hydrogens (tertiary/aromatic N) is 2. The summed E-state index contributed by atoms with van der Waals surface area (Å²) in [6.45, 7) is 7.92. The summed E-state index contributed by atoms with van der Waals surface area (Å²) in [5, 5.41) is 27.1. The van der Waals surface area contributed by atoms with Crippen molar-refractivity contribution in [2.24, 2.45) is 0 Å². The largest absolute Gasteiger partial charge is 0.317 e. The fourth-order valence-electron chi connectivity index (χ4n) is 2.31. The first-order chi connectivity index (χ1) is 11.2. The Kier molecular flexibility index (Phi) is 16.4. The van der Waals surface area contributed by atoms with E-state index in [1.807, 2.05) is 13.8 Å². The van der Waals surface area contributed by atoms with Crippen molar-refractivity contribution in [2.75, 3.05) is 26.2 Å². The zero-order chi connectivity index (χ0) is 17.2. The first-order valence-corrected chi connectivity index (χ1v) is 9.17. The number of unbranched alkanes of at least 4 members (excludes halogenated alkanes) is 6. The van der Waals surface area contributed by atoms with Gasteiger partial charge in [-0.3, -0.25) is 0 Å². The van der Waals surface area contributed by atoms with Crippen LogP contribution in [-0.4, -0.2) is 38.3 Å². The van der Waals surface area contributed by atoms with Crippen molar-refractivity contribution < 1.29 is 0 Å². The molecule has 0 aromatic rings. The molecule has 23 heavy (non-hydrogen) atoms. The van der Waals surface area contributed by atoms with E-state index < -0.39 is 0 Å². The normalized spacial score (nSPS) is 13.2. The third kappa shape index (κ3) is 17.1. The van der Waals surface area contributed by atoms with E-state index in [-0.39, 0.29) is 12.1 Å². The van der Waals surface area contributed by atoms with E-state index in [9.17, 15) is 0 Å². The van der Waals surface area contributed by atoms with Crippen LogP contribution in [0.25, 0.3) is 0 Å². The zero-order valence-corrected chi connectivity index (χ0v) is 15.0. The predicted molar refractivity (Wildman–Crippen MR) is 96.0 cm³/mol. The van der Waals surface area contributed by atoms with E-state index in [1.165, 1.54) is 38.5 Å². The molecule has 0 fully saturated rings. The molecule has 0 radical (unpaired) electrons. The average molecular weight is 322 g/mol. The smallest absolute Gasteiger partial charge is 0.0924 e. The average Bonchev–Trinajstić information content (AvgIpc) is 2.57. The first kappa shape index (κ1) is 21.9. The molecule has 2 atom stereocenters. The summed E-state index contributed by atoms with van der Waals surface area (Å²) in [6.07, 6.45) is 9.79. The fourth-order valence-corrected chi connectivity index (χ4v) is 2.31. The molecular weight excluding hydrogens is 286 g/mol. The summed E-state index contributed by atoms with van der Waals surface area (Å²) in [6, 6.07) is 4.31. The lowest BCUT2D eigenvalue weighted by molar-refractivity contribution is 0.531. The highest BCUT2D eigenvalue weighted by atomic mass is 14.9. The van der Waals surface area contributed by atoms with Gasteiger partial charge in [-0.05, 0) is 65.7 Å². The van der Waals surface area contributed by atoms with Crippen molar-refractivity contribution in [1.29, 1.82) is 10.5 Å². The third-order valence-corrected chi connectivity index (χ3v) is 3.85. The highest BCUT2D eigenvalue weighted by Crippen LogP contribution is 2.00. The summed E-state index contributed by atoms with van der Waals surface area (Å²) >= 11 is 0. The predicted octanol–water partition coefficient (Wildman–Crippen LogP) is 2.70. The molecule has 5 heteroatoms. The lowest BCUT2D eigenvalue weighted by atomic mass is 10.1. The lowest BCUT2D eigenvalue weighted by Gasteiger charge is -2.07. The Morgan fingerprint density at radius 2 is 0.957 bits per heavy atom. The Hall–Kier alpha value is -1.14. The molecule has 0 aromatic carbocycles. The van der Waals surface area contributed by atoms with Crippen LogP contribution in [0.15, 0.2) is 0 Å². The maximum atomic E-state index is 8.64. The van der Waals surface area contributed by atoms with Gasteiger partial charge >= 0.3 is 0 Å². The van der Waals surface area contributed by atoms with Crippen molar-refractivity contribution >= 4 is 0 Å². The molecule has 132 valence electrons. The fraction of sp³-hybridized carbons (Fsp3) is 0.889. The van der Waals surface area contributed by atoms with E-state index in [4.69, 9.17) is 10.5 Å². The van der Waals surface area contributed by atoms with Gasteiger partial charge < -0.3 is 16.0 Å². The Morgan fingerprint density at radius 3 is 1.30 bits per heavy atom. The highest BCUT2D eigenvalue weighted by Gasteiger charge is 1.97. The van der Waals surface area contributed by atoms with Crippen LogP contribution in [0.5, 0.6) is 0 Å². The van der Waals surface area contributed by atoms with Crippen LogP contribution in [0.3, 0.4) is 0 Å². The van der Waals surface area contributed by atoms with Crippen molar-refractivity contribution in [2.45, 2.75) is 77.3 Å². The molecule has 0 saturated carbocycles. The quantitative estimate of drug-likeness (QED) is 0.381. The summed E-state index contributed by atoms with van der Waals surface area (Å²) in [5.74, 6) is 0. The summed E-state index contributed by atoms with van der Waals surface area (Å²) in [5.41, 5.74) is 0. The molecular formula is C18H35N5. The molecule has 0 aliphatic carbocycles. The van der Waals surface area contributed by atoms with Gasteiger partial charge in [-0.15, -0.1) is 0 Å². The third-order valence-electron chi connectivity index (χ3n) is 3.85. The molecule has 2 unspecified atom stereocenters. The van der Waals surface area contributed by atoms with E-state index in [0.717, 1.165) is 39.0 Å². The van der Waals surface area contributed by atoms with Crippen LogP contribution in [-0.2, 0) is 0 Å². The maximum Gasteiger partial charge on any atom is 0.0924 e. The van der Waals surface area contributed by atoms with Gasteiger partial charge in [0.2, 0.25) is 0 Å². The summed E-state index contributed by atoms with van der Waals surface area (Å²) in [4.78, 5) is 0. The van der Waals surface area contributed by atoms with Crippen molar-refractivity contribution in [3.63, 3.8) is 0 Å². The zero-order valence-electron chi connectivity index (χ0n) is 15.0. The Bertz CT molecular complexity index is 299. The Labute approximate surface area is 142 Å². The van der Waals surface area contributed by atoms with E-state index in [2.05, 4.69) is 28.1 Å². The molecule has 5 nitrogen and oxygen atoms in total. The van der Waals surface area contributed by atoms with Crippen molar-refractivity contribution in [3.8, 4) is 12.1 Å². The lowest BCUT2D eigenvalue weighted by Crippen LogP contribution is -2.25. The summed E-state index contributed by atoms with van der Waals surface area (Å²) in [7, 11) is 0. The molecule has 0 heterocycles. The molecule has 0 spiro atoms. The van der Waals surface area contributed by atoms with Crippen LogP contribution < -0.4 is 16.0 Å². The SMILES string of the molecule is CC(C#N)NCCCCCCNCCCCCCNC(C)C#N. The molecule has 0 aliphatic heterocycles. The molecule has 3 N–H and O–H groups in total. The minimum Gasteiger partial charge on any atom is -0.317 e. The first-order valence-electron chi connectivity index (χ1n) is 9.17. The second-order valence-electron chi connectivity index (χ2n) is 6.19. The number of nitriles is 2. The minimum absolute atomic E-state index is 0.0257. The molecule has 0 amide bonds. The van der Waals surface area contributed by atoms with Crippen LogP contribution in [0.1, 0.15) is 65.2 Å². The number of rotatable bonds is 16. The van der Waals surface area contributed by atoms with Crippen LogP contribution in [0, 0.1) is 22.7 Å². The maximum absolute atomic E-state index is 8.64. The Balaban J connectivity index is 3.06. The molecule has 0 saturated heterocycles. The topological polar surface area (TPSA) is 83.7 Å². The Morgan fingerprint density at radius 1 is 0.609 bits per heavy atom. The number of nitrogens with one attached hydrogen (secondary N) is 3. The standard InChI is InChI=1S/C18H35N5/c1-17(15-19)22-13-9-5-3-7-11-21-12-8-4-6-10-14-23-18(2)16-20/h17-18,21-23H,3-14H2,1-2H3. The van der Waals surface area contributed by atoms with Gasteiger partial charge in [-0.1, -0.05) is 25.7 Å². The van der Waals surface area contributed by atoms with Gasteiger partial charge in [-0.25, -0.2) is 0 Å². The van der Waals surface area contributed by atoms with Gasteiger partial charge in [-0.2, -0.15) is 10.5 Å². The van der Waals surface area contributed by atoms with Gasteiger partial charge in [0.15, 0.2) is 0 Å². The summed E-state index contributed by atoms with van der Waals surface area (Å²) < 4.78 is 0. The van der Waals surface area contributed by atoms with Gasteiger partial charge in [0.1, 0.15) is 0 Å². The molecule has 0 bridgehead atoms. The van der Waals surface area contributed by atoms with Gasteiger partial charge in [0, 0.05) is 0 Å². The monoisotopic (exact) mass is 321 g/mol. The molecule has 0 aliphatic rings. The van der Waals surface area contributed by atoms with Crippen LogP contribution in [0.2, 0.25) is 0 Å². The molecule has 0 rings (SSSR count). The van der Waals surface area contributed by atoms with Crippen molar-refractivity contribution in [1.82, 2.24) is 16.0 Å². The van der Waals surface area contributed by atoms with Crippen LogP contribution in [0.4, 0.5) is 0 Å². The second kappa shape index (κ2) is 17.2.